The van der Waals surface area contributed by atoms with Crippen LogP contribution < -0.4 is 11.1 Å². The van der Waals surface area contributed by atoms with Crippen LogP contribution in [0.1, 0.15) is 29.9 Å². The number of H-pyrrole nitrogens is 2. The molecule has 3 aromatic heterocycles. The number of rotatable bonds is 8. The third-order valence-corrected chi connectivity index (χ3v) is 7.31. The molecule has 3 aromatic carbocycles. The van der Waals surface area contributed by atoms with Gasteiger partial charge >= 0.3 is 0 Å². The Morgan fingerprint density at radius 3 is 2.74 bits per heavy atom. The van der Waals surface area contributed by atoms with Gasteiger partial charge in [0.25, 0.3) is 0 Å². The van der Waals surface area contributed by atoms with Crippen molar-refractivity contribution in [1.29, 1.82) is 0 Å². The first kappa shape index (κ1) is 27.2. The third-order valence-electron chi connectivity index (χ3n) is 6.80. The molecule has 0 aliphatic heterocycles. The van der Waals surface area contributed by atoms with Gasteiger partial charge in [-0.2, -0.15) is 9.78 Å². The van der Waals surface area contributed by atoms with Crippen LogP contribution in [-0.4, -0.2) is 46.3 Å². The summed E-state index contributed by atoms with van der Waals surface area (Å²) in [7, 11) is 0. The molecule has 42 heavy (non-hydrogen) atoms. The molecular weight excluding hydrogens is 575 g/mol. The maximum Gasteiger partial charge on any atom is 0.244 e. The quantitative estimate of drug-likeness (QED) is 0.173. The van der Waals surface area contributed by atoms with Crippen molar-refractivity contribution in [1.82, 2.24) is 45.7 Å². The predicted molar refractivity (Wildman–Crippen MR) is 162 cm³/mol. The highest BCUT2D eigenvalue weighted by molar-refractivity contribution is 6.32. The lowest BCUT2D eigenvalue weighted by atomic mass is 10.0. The van der Waals surface area contributed by atoms with E-state index in [-0.39, 0.29) is 5.91 Å². The lowest BCUT2D eigenvalue weighted by Crippen LogP contribution is -2.29. The largest absolute Gasteiger partial charge is 0.382 e. The molecule has 5 N–H and O–H groups in total. The van der Waals surface area contributed by atoms with Crippen molar-refractivity contribution in [3.05, 3.63) is 106 Å². The molecule has 0 aliphatic carbocycles. The Morgan fingerprint density at radius 2 is 1.95 bits per heavy atom. The molecule has 210 valence electrons. The number of allylic oxidation sites excluding steroid dienone is 1. The van der Waals surface area contributed by atoms with Gasteiger partial charge in [0.1, 0.15) is 23.0 Å². The van der Waals surface area contributed by atoms with Gasteiger partial charge in [0, 0.05) is 27.6 Å². The summed E-state index contributed by atoms with van der Waals surface area (Å²) in [4.78, 5) is 21.4. The van der Waals surface area contributed by atoms with Gasteiger partial charge in [-0.25, -0.2) is 4.98 Å². The molecular formula is C29H24Cl2N10O. The Balaban J connectivity index is 1.32. The number of hydrogen-bond acceptors (Lipinski definition) is 7. The van der Waals surface area contributed by atoms with E-state index in [4.69, 9.17) is 33.9 Å². The number of nitrogen functional groups attached to an aromatic ring is 1. The van der Waals surface area contributed by atoms with Gasteiger partial charge in [-0.1, -0.05) is 59.6 Å². The summed E-state index contributed by atoms with van der Waals surface area (Å²) in [6, 6.07) is 20.2. The zero-order valence-corrected chi connectivity index (χ0v) is 23.7. The van der Waals surface area contributed by atoms with Crippen LogP contribution in [0.25, 0.3) is 33.4 Å². The van der Waals surface area contributed by atoms with Crippen molar-refractivity contribution >= 4 is 51.4 Å². The fraction of sp³-hybridized carbons (Fsp3) is 0.103. The second-order valence-electron chi connectivity index (χ2n) is 9.65. The second-order valence-corrected chi connectivity index (χ2v) is 10.5. The zero-order valence-electron chi connectivity index (χ0n) is 22.2. The monoisotopic (exact) mass is 598 g/mol. The third kappa shape index (κ3) is 5.60. The second kappa shape index (κ2) is 11.5. The number of carbonyl (C=O) groups excluding carboxylic acids is 1. The fourth-order valence-electron chi connectivity index (χ4n) is 4.76. The molecule has 0 fully saturated rings. The van der Waals surface area contributed by atoms with Crippen molar-refractivity contribution in [2.45, 2.75) is 19.4 Å². The van der Waals surface area contributed by atoms with E-state index in [2.05, 4.69) is 36.0 Å². The van der Waals surface area contributed by atoms with E-state index in [1.807, 2.05) is 55.5 Å². The molecule has 1 amide bonds. The number of halogens is 2. The molecule has 0 saturated heterocycles. The van der Waals surface area contributed by atoms with Crippen molar-refractivity contribution < 1.29 is 4.79 Å². The smallest absolute Gasteiger partial charge is 0.244 e. The predicted octanol–water partition coefficient (Wildman–Crippen LogP) is 5.32. The number of fused-ring (bicyclic) bond motifs is 1. The Labute approximate surface area is 249 Å². The number of benzene rings is 3. The minimum absolute atomic E-state index is 0.320. The first-order valence-electron chi connectivity index (χ1n) is 12.9. The van der Waals surface area contributed by atoms with Crippen molar-refractivity contribution in [2.75, 3.05) is 5.73 Å². The summed E-state index contributed by atoms with van der Waals surface area (Å²) in [5.74, 6) is 0.612. The molecule has 0 bridgehead atoms. The average molecular weight is 599 g/mol. The van der Waals surface area contributed by atoms with Crippen LogP contribution in [0.15, 0.2) is 79.1 Å². The Bertz CT molecular complexity index is 1910. The number of nitrogens with zero attached hydrogens (tertiary/aromatic N) is 6. The number of nitrogens with two attached hydrogens (primary N) is 1. The van der Waals surface area contributed by atoms with E-state index in [1.54, 1.807) is 18.2 Å². The van der Waals surface area contributed by atoms with Crippen molar-refractivity contribution in [3.63, 3.8) is 0 Å². The number of aromatic nitrogens is 8. The first-order valence-corrected chi connectivity index (χ1v) is 13.7. The molecule has 6 aromatic rings. The lowest BCUT2D eigenvalue weighted by Gasteiger charge is -2.17. The summed E-state index contributed by atoms with van der Waals surface area (Å²) in [6.07, 6.45) is 3.47. The Hall–Kier alpha value is -5.00. The van der Waals surface area contributed by atoms with Gasteiger partial charge < -0.3 is 16.0 Å². The summed E-state index contributed by atoms with van der Waals surface area (Å²) >= 11 is 12.9. The van der Waals surface area contributed by atoms with Gasteiger partial charge in [0.05, 0.1) is 17.2 Å². The normalized spacial score (nSPS) is 12.5. The summed E-state index contributed by atoms with van der Waals surface area (Å²) in [5, 5.41) is 23.1. The van der Waals surface area contributed by atoms with E-state index in [0.29, 0.717) is 50.8 Å². The van der Waals surface area contributed by atoms with Crippen LogP contribution in [0.3, 0.4) is 0 Å². The highest BCUT2D eigenvalue weighted by atomic mass is 35.5. The summed E-state index contributed by atoms with van der Waals surface area (Å²) < 4.78 is 1.51. The number of anilines is 1. The van der Waals surface area contributed by atoms with Gasteiger partial charge in [-0.3, -0.25) is 9.89 Å². The van der Waals surface area contributed by atoms with Crippen LogP contribution in [0, 0.1) is 0 Å². The van der Waals surface area contributed by atoms with Gasteiger partial charge in [-0.05, 0) is 65.2 Å². The minimum Gasteiger partial charge on any atom is -0.382 e. The molecule has 6 rings (SSSR count). The number of aromatic amines is 2. The maximum atomic E-state index is 13.4. The Kier molecular flexibility index (Phi) is 7.43. The van der Waals surface area contributed by atoms with Gasteiger partial charge in [0.2, 0.25) is 5.91 Å². The molecule has 0 aliphatic rings. The standard InChI is InChI=1S/C29H24Cl2N10O/c1-16(21-14-19(30)8-10-24(21)41-15-33-39-40-41)11-25(42)34-23(12-17-5-3-2-4-6-17)29-35-26(27(31)36-29)18-7-9-20-22(13-18)37-38-28(20)32/h2-11,13-15,23H,12H2,1H3,(H,34,42)(H,35,36)(H3,32,37,38)/b16-11+/t23-/m0/s1. The molecule has 0 spiro atoms. The topological polar surface area (TPSA) is 156 Å². The molecule has 0 radical (unpaired) electrons. The SMILES string of the molecule is C/C(=C\C(=O)N[C@@H](Cc1ccccc1)c1nc(-c2ccc3c(N)n[nH]c3c2)c(Cl)[nH]1)c1cc(Cl)ccc1-n1cnnn1. The molecule has 3 heterocycles. The molecule has 0 unspecified atom stereocenters. The van der Waals surface area contributed by atoms with E-state index in [1.165, 1.54) is 17.1 Å². The number of carbonyl (C=O) groups is 1. The number of hydrogen-bond donors (Lipinski definition) is 4. The van der Waals surface area contributed by atoms with E-state index in [9.17, 15) is 4.79 Å². The number of tetrazole rings is 1. The van der Waals surface area contributed by atoms with Crippen molar-refractivity contribution in [3.8, 4) is 16.9 Å². The first-order chi connectivity index (χ1) is 20.4. The summed E-state index contributed by atoms with van der Waals surface area (Å²) in [5.41, 5.74) is 11.1. The molecule has 11 nitrogen and oxygen atoms in total. The van der Waals surface area contributed by atoms with E-state index in [0.717, 1.165) is 22.0 Å². The minimum atomic E-state index is -0.514. The summed E-state index contributed by atoms with van der Waals surface area (Å²) in [6.45, 7) is 1.82. The Morgan fingerprint density at radius 1 is 1.12 bits per heavy atom. The maximum absolute atomic E-state index is 13.4. The molecule has 13 heteroatoms. The van der Waals surface area contributed by atoms with E-state index < -0.39 is 6.04 Å². The highest BCUT2D eigenvalue weighted by Gasteiger charge is 2.22. The van der Waals surface area contributed by atoms with Gasteiger partial charge in [0.15, 0.2) is 5.82 Å². The van der Waals surface area contributed by atoms with Crippen LogP contribution in [-0.2, 0) is 11.2 Å². The van der Waals surface area contributed by atoms with Crippen LogP contribution in [0.2, 0.25) is 10.2 Å². The zero-order chi connectivity index (χ0) is 29.2. The number of nitrogens with one attached hydrogen (secondary N) is 3. The van der Waals surface area contributed by atoms with E-state index >= 15 is 0 Å². The highest BCUT2D eigenvalue weighted by Crippen LogP contribution is 2.31. The number of amides is 1. The molecule has 1 atom stereocenters. The van der Waals surface area contributed by atoms with Crippen LogP contribution in [0.4, 0.5) is 5.82 Å². The lowest BCUT2D eigenvalue weighted by molar-refractivity contribution is -0.117. The average Bonchev–Trinajstić information content (AvgIpc) is 3.74. The van der Waals surface area contributed by atoms with Crippen LogP contribution in [0.5, 0.6) is 0 Å². The van der Waals surface area contributed by atoms with Crippen LogP contribution >= 0.6 is 23.2 Å². The fourth-order valence-corrected chi connectivity index (χ4v) is 5.18. The number of imidazole rings is 1. The van der Waals surface area contributed by atoms with Gasteiger partial charge in [-0.15, -0.1) is 5.10 Å². The molecule has 0 saturated carbocycles. The van der Waals surface area contributed by atoms with Crippen molar-refractivity contribution in [2.24, 2.45) is 0 Å².